The van der Waals surface area contributed by atoms with E-state index < -0.39 is 0 Å². The highest BCUT2D eigenvalue weighted by atomic mass is 127. The van der Waals surface area contributed by atoms with Crippen LogP contribution in [0.15, 0.2) is 17.1 Å². The molecule has 0 saturated carbocycles. The minimum Gasteiger partial charge on any atom is -0.493 e. The first-order valence-electron chi connectivity index (χ1n) is 8.73. The number of guanidine groups is 1. The maximum absolute atomic E-state index is 6.32. The summed E-state index contributed by atoms with van der Waals surface area (Å²) in [6.45, 7) is 10.1. The van der Waals surface area contributed by atoms with Gasteiger partial charge in [0.25, 0.3) is 0 Å². The summed E-state index contributed by atoms with van der Waals surface area (Å²) in [5.74, 6) is 1.88. The van der Waals surface area contributed by atoms with Crippen molar-refractivity contribution < 1.29 is 14.2 Å². The Kier molecular flexibility index (Phi) is 12.1. The number of methoxy groups -OCH3 is 2. The first kappa shape index (κ1) is 26.1. The van der Waals surface area contributed by atoms with Gasteiger partial charge in [0.05, 0.1) is 24.8 Å². The van der Waals surface area contributed by atoms with E-state index in [1.807, 2.05) is 19.1 Å². The average Bonchev–Trinajstić information content (AvgIpc) is 2.58. The molecule has 2 N–H and O–H groups in total. The summed E-state index contributed by atoms with van der Waals surface area (Å²) >= 11 is 6.32. The number of ether oxygens (including phenoxy) is 3. The molecule has 156 valence electrons. The Labute approximate surface area is 185 Å². The highest BCUT2D eigenvalue weighted by Crippen LogP contribution is 2.36. The van der Waals surface area contributed by atoms with E-state index in [4.69, 9.17) is 25.8 Å². The summed E-state index contributed by atoms with van der Waals surface area (Å²) in [7, 11) is 5.06. The van der Waals surface area contributed by atoms with Gasteiger partial charge >= 0.3 is 0 Å². The van der Waals surface area contributed by atoms with Gasteiger partial charge in [-0.2, -0.15) is 0 Å². The van der Waals surface area contributed by atoms with Crippen LogP contribution in [0.2, 0.25) is 5.02 Å². The highest BCUT2D eigenvalue weighted by molar-refractivity contribution is 14.0. The van der Waals surface area contributed by atoms with Crippen LogP contribution in [0.25, 0.3) is 0 Å². The van der Waals surface area contributed by atoms with Crippen LogP contribution >= 0.6 is 35.6 Å². The lowest BCUT2D eigenvalue weighted by Gasteiger charge is -2.30. The molecule has 6 nitrogen and oxygen atoms in total. The Morgan fingerprint density at radius 1 is 1.22 bits per heavy atom. The highest BCUT2D eigenvalue weighted by Gasteiger charge is 2.24. The number of benzene rings is 1. The molecule has 8 heteroatoms. The quantitative estimate of drug-likeness (QED) is 0.311. The predicted octanol–water partition coefficient (Wildman–Crippen LogP) is 4.09. The third-order valence-electron chi connectivity index (χ3n) is 3.97. The summed E-state index contributed by atoms with van der Waals surface area (Å²) < 4.78 is 16.5. The first-order valence-corrected chi connectivity index (χ1v) is 9.11. The number of nitrogens with zero attached hydrogens (tertiary/aromatic N) is 1. The van der Waals surface area contributed by atoms with E-state index in [-0.39, 0.29) is 35.5 Å². The summed E-state index contributed by atoms with van der Waals surface area (Å²) in [6, 6.07) is 3.77. The van der Waals surface area contributed by atoms with Crippen molar-refractivity contribution in [1.29, 1.82) is 0 Å². The Bertz CT molecular complexity index is 607. The topological polar surface area (TPSA) is 64.1 Å². The van der Waals surface area contributed by atoms with Crippen LogP contribution in [0.4, 0.5) is 0 Å². The molecule has 0 aliphatic carbocycles. The third-order valence-corrected chi connectivity index (χ3v) is 4.25. The van der Waals surface area contributed by atoms with Crippen molar-refractivity contribution in [3.63, 3.8) is 0 Å². The van der Waals surface area contributed by atoms with E-state index in [1.54, 1.807) is 21.3 Å². The predicted molar refractivity (Wildman–Crippen MR) is 123 cm³/mol. The molecule has 0 amide bonds. The molecule has 0 saturated heterocycles. The fourth-order valence-electron chi connectivity index (χ4n) is 2.50. The van der Waals surface area contributed by atoms with Crippen LogP contribution < -0.4 is 20.1 Å². The zero-order valence-electron chi connectivity index (χ0n) is 17.3. The second kappa shape index (κ2) is 12.5. The van der Waals surface area contributed by atoms with Gasteiger partial charge in [0.2, 0.25) is 0 Å². The van der Waals surface area contributed by atoms with Crippen molar-refractivity contribution in [2.24, 2.45) is 10.4 Å². The van der Waals surface area contributed by atoms with Crippen molar-refractivity contribution >= 4 is 41.5 Å². The molecule has 0 radical (unpaired) electrons. The van der Waals surface area contributed by atoms with E-state index in [0.29, 0.717) is 42.2 Å². The first-order chi connectivity index (χ1) is 12.3. The molecule has 1 rings (SSSR count). The van der Waals surface area contributed by atoms with E-state index in [1.165, 1.54) is 0 Å². The van der Waals surface area contributed by atoms with Gasteiger partial charge in [0, 0.05) is 27.2 Å². The van der Waals surface area contributed by atoms with Crippen LogP contribution in [0, 0.1) is 5.41 Å². The van der Waals surface area contributed by atoms with Gasteiger partial charge in [-0.25, -0.2) is 0 Å². The Hall–Kier alpha value is -0.930. The minimum absolute atomic E-state index is 0. The fraction of sp³-hybridized carbons (Fsp3) is 0.632. The average molecular weight is 514 g/mol. The standard InChI is InChI=1S/C19H32ClN3O3.HI/c1-8-26-17-14(20)9-13(10-15(17)24-6)11-22-18(21-5)23-12-16(25-7)19(2,3)4;/h9-10,16H,8,11-12H2,1-7H3,(H2,21,22,23);1H. The van der Waals surface area contributed by atoms with Crippen molar-refractivity contribution in [3.05, 3.63) is 22.7 Å². The normalized spacial score (nSPS) is 12.8. The maximum Gasteiger partial charge on any atom is 0.191 e. The Morgan fingerprint density at radius 3 is 2.37 bits per heavy atom. The zero-order valence-corrected chi connectivity index (χ0v) is 20.4. The Balaban J connectivity index is 0.00000676. The van der Waals surface area contributed by atoms with Crippen molar-refractivity contribution in [3.8, 4) is 11.5 Å². The number of rotatable bonds is 8. The van der Waals surface area contributed by atoms with Crippen LogP contribution in [-0.2, 0) is 11.3 Å². The van der Waals surface area contributed by atoms with Crippen molar-refractivity contribution in [1.82, 2.24) is 10.6 Å². The molecule has 1 atom stereocenters. The summed E-state index contributed by atoms with van der Waals surface area (Å²) in [6.07, 6.45) is 0.0704. The van der Waals surface area contributed by atoms with Gasteiger partial charge in [-0.1, -0.05) is 32.4 Å². The van der Waals surface area contributed by atoms with Gasteiger partial charge < -0.3 is 24.8 Å². The lowest BCUT2D eigenvalue weighted by Crippen LogP contribution is -2.45. The number of hydrogen-bond donors (Lipinski definition) is 2. The monoisotopic (exact) mass is 513 g/mol. The molecule has 1 aromatic rings. The lowest BCUT2D eigenvalue weighted by atomic mass is 9.89. The Morgan fingerprint density at radius 2 is 1.89 bits per heavy atom. The fourth-order valence-corrected chi connectivity index (χ4v) is 2.79. The maximum atomic E-state index is 6.32. The van der Waals surface area contributed by atoms with Crippen LogP contribution in [-0.4, -0.2) is 46.5 Å². The summed E-state index contributed by atoms with van der Waals surface area (Å²) in [4.78, 5) is 4.25. The van der Waals surface area contributed by atoms with Crippen molar-refractivity contribution in [2.45, 2.75) is 40.3 Å². The van der Waals surface area contributed by atoms with Crippen LogP contribution in [0.1, 0.15) is 33.3 Å². The smallest absolute Gasteiger partial charge is 0.191 e. The summed E-state index contributed by atoms with van der Waals surface area (Å²) in [5.41, 5.74) is 1.01. The van der Waals surface area contributed by atoms with Crippen LogP contribution in [0.3, 0.4) is 0 Å². The van der Waals surface area contributed by atoms with E-state index >= 15 is 0 Å². The number of nitrogens with one attached hydrogen (secondary N) is 2. The SMILES string of the molecule is CCOc1c(Cl)cc(CNC(=NC)NCC(OC)C(C)(C)C)cc1OC.I. The van der Waals surface area contributed by atoms with Crippen LogP contribution in [0.5, 0.6) is 11.5 Å². The second-order valence-electron chi connectivity index (χ2n) is 6.94. The molecular formula is C19H33ClIN3O3. The van der Waals surface area contributed by atoms with E-state index in [9.17, 15) is 0 Å². The second-order valence-corrected chi connectivity index (χ2v) is 7.35. The van der Waals surface area contributed by atoms with Gasteiger partial charge in [0.1, 0.15) is 0 Å². The third kappa shape index (κ3) is 8.31. The number of aliphatic imine (C=N–C) groups is 1. The molecular weight excluding hydrogens is 481 g/mol. The molecule has 0 aromatic heterocycles. The molecule has 0 aliphatic heterocycles. The minimum atomic E-state index is 0. The van der Waals surface area contributed by atoms with Gasteiger partial charge in [-0.05, 0) is 30.0 Å². The van der Waals surface area contributed by atoms with E-state index in [0.717, 1.165) is 5.56 Å². The van der Waals surface area contributed by atoms with Gasteiger partial charge in [-0.15, -0.1) is 24.0 Å². The molecule has 0 heterocycles. The lowest BCUT2D eigenvalue weighted by molar-refractivity contribution is 0.0205. The van der Waals surface area contributed by atoms with Gasteiger partial charge in [0.15, 0.2) is 17.5 Å². The van der Waals surface area contributed by atoms with E-state index in [2.05, 4.69) is 36.4 Å². The number of hydrogen-bond acceptors (Lipinski definition) is 4. The molecule has 1 unspecified atom stereocenters. The zero-order chi connectivity index (χ0) is 19.7. The molecule has 0 spiro atoms. The largest absolute Gasteiger partial charge is 0.493 e. The summed E-state index contributed by atoms with van der Waals surface area (Å²) in [5, 5.41) is 7.10. The molecule has 1 aromatic carbocycles. The molecule has 27 heavy (non-hydrogen) atoms. The van der Waals surface area contributed by atoms with Gasteiger partial charge in [-0.3, -0.25) is 4.99 Å². The molecule has 0 aliphatic rings. The van der Waals surface area contributed by atoms with Crippen molar-refractivity contribution in [2.75, 3.05) is 34.4 Å². The molecule has 0 bridgehead atoms. The number of halogens is 2. The molecule has 0 fully saturated rings.